The molecule has 0 aliphatic carbocycles. The second-order valence-corrected chi connectivity index (χ2v) is 3.26. The van der Waals surface area contributed by atoms with Crippen LogP contribution in [0.4, 0.5) is 4.39 Å². The Balaban J connectivity index is 2.63. The van der Waals surface area contributed by atoms with E-state index in [1.165, 1.54) is 6.07 Å². The molecule has 0 spiro atoms. The highest BCUT2D eigenvalue weighted by atomic mass is 19.1. The number of aliphatic hydroxyl groups excluding tert-OH is 1. The highest BCUT2D eigenvalue weighted by Gasteiger charge is 2.01. The van der Waals surface area contributed by atoms with Gasteiger partial charge in [-0.05, 0) is 12.1 Å². The second-order valence-electron chi connectivity index (χ2n) is 3.26. The van der Waals surface area contributed by atoms with Crippen molar-refractivity contribution in [3.63, 3.8) is 0 Å². The van der Waals surface area contributed by atoms with Crippen molar-refractivity contribution in [1.29, 1.82) is 0 Å². The van der Waals surface area contributed by atoms with Crippen LogP contribution >= 0.6 is 0 Å². The summed E-state index contributed by atoms with van der Waals surface area (Å²) in [7, 11) is 1.57. The van der Waals surface area contributed by atoms with Gasteiger partial charge in [0.15, 0.2) is 0 Å². The van der Waals surface area contributed by atoms with Gasteiger partial charge in [-0.1, -0.05) is 11.8 Å². The van der Waals surface area contributed by atoms with Gasteiger partial charge >= 0.3 is 0 Å². The van der Waals surface area contributed by atoms with Gasteiger partial charge in [0.05, 0.1) is 18.8 Å². The number of benzene rings is 1. The van der Waals surface area contributed by atoms with Crippen LogP contribution in [-0.4, -0.2) is 32.0 Å². The fraction of sp³-hybridized carbons (Fsp3) is 0.385. The van der Waals surface area contributed by atoms with E-state index in [0.29, 0.717) is 30.9 Å². The van der Waals surface area contributed by atoms with Crippen molar-refractivity contribution in [2.24, 2.45) is 0 Å². The van der Waals surface area contributed by atoms with Crippen LogP contribution in [0.3, 0.4) is 0 Å². The monoisotopic (exact) mass is 238 g/mol. The van der Waals surface area contributed by atoms with Gasteiger partial charge in [-0.2, -0.15) is 0 Å². The predicted molar refractivity (Wildman–Crippen MR) is 62.4 cm³/mol. The maximum atomic E-state index is 13.5. The Kier molecular flexibility index (Phi) is 6.08. The molecule has 0 fully saturated rings. The lowest BCUT2D eigenvalue weighted by atomic mass is 10.2. The summed E-state index contributed by atoms with van der Waals surface area (Å²) in [6.45, 7) is 0.817. The van der Waals surface area contributed by atoms with Crippen LogP contribution in [0.1, 0.15) is 12.0 Å². The van der Waals surface area contributed by atoms with Crippen LogP contribution in [0.15, 0.2) is 18.2 Å². The van der Waals surface area contributed by atoms with Gasteiger partial charge in [-0.15, -0.1) is 0 Å². The molecule has 1 aromatic carbocycles. The van der Waals surface area contributed by atoms with Crippen molar-refractivity contribution in [3.8, 4) is 17.6 Å². The fourth-order valence-electron chi connectivity index (χ4n) is 1.14. The summed E-state index contributed by atoms with van der Waals surface area (Å²) in [6.07, 6.45) is 0.339. The maximum absolute atomic E-state index is 13.5. The van der Waals surface area contributed by atoms with Crippen molar-refractivity contribution in [1.82, 2.24) is 0 Å². The lowest BCUT2D eigenvalue weighted by Gasteiger charge is -2.05. The molecule has 0 aliphatic rings. The molecule has 0 aliphatic heterocycles. The summed E-state index contributed by atoms with van der Waals surface area (Å²) < 4.78 is 23.6. The first-order valence-electron chi connectivity index (χ1n) is 5.29. The maximum Gasteiger partial charge on any atom is 0.142 e. The van der Waals surface area contributed by atoms with Gasteiger partial charge in [0, 0.05) is 19.6 Å². The van der Waals surface area contributed by atoms with E-state index >= 15 is 0 Å². The summed E-state index contributed by atoms with van der Waals surface area (Å²) in [5.41, 5.74) is 0.303. The summed E-state index contributed by atoms with van der Waals surface area (Å²) in [5.74, 6) is 5.33. The Bertz CT molecular complexity index is 407. The highest BCUT2D eigenvalue weighted by Crippen LogP contribution is 2.15. The van der Waals surface area contributed by atoms with E-state index in [4.69, 9.17) is 14.6 Å². The first kappa shape index (κ1) is 13.5. The SMILES string of the molecule is COCCOc1ccc(C#CCCO)c(F)c1. The van der Waals surface area contributed by atoms with Gasteiger partial charge in [0.25, 0.3) is 0 Å². The number of aliphatic hydroxyl groups is 1. The molecular formula is C13H15FO3. The summed E-state index contributed by atoms with van der Waals surface area (Å²) in [4.78, 5) is 0. The number of methoxy groups -OCH3 is 1. The number of ether oxygens (including phenoxy) is 2. The van der Waals surface area contributed by atoms with E-state index < -0.39 is 5.82 Å². The molecule has 1 rings (SSSR count). The van der Waals surface area contributed by atoms with E-state index in [1.807, 2.05) is 0 Å². The molecule has 0 heterocycles. The Hall–Kier alpha value is -1.57. The quantitative estimate of drug-likeness (QED) is 0.625. The lowest BCUT2D eigenvalue weighted by Crippen LogP contribution is -2.04. The standard InChI is InChI=1S/C13H15FO3/c1-16-8-9-17-12-6-5-11(13(14)10-12)4-2-3-7-15/h5-6,10,15H,3,7-9H2,1H3. The third kappa shape index (κ3) is 4.85. The third-order valence-corrected chi connectivity index (χ3v) is 1.96. The van der Waals surface area contributed by atoms with E-state index in [1.54, 1.807) is 19.2 Å². The minimum atomic E-state index is -0.426. The van der Waals surface area contributed by atoms with Crippen molar-refractivity contribution >= 4 is 0 Å². The van der Waals surface area contributed by atoms with Crippen molar-refractivity contribution in [2.45, 2.75) is 6.42 Å². The van der Waals surface area contributed by atoms with Crippen LogP contribution < -0.4 is 4.74 Å². The Morgan fingerprint density at radius 2 is 2.18 bits per heavy atom. The second kappa shape index (κ2) is 7.66. The highest BCUT2D eigenvalue weighted by molar-refractivity contribution is 5.39. The molecule has 0 saturated carbocycles. The van der Waals surface area contributed by atoms with Gasteiger partial charge in [-0.25, -0.2) is 4.39 Å². The van der Waals surface area contributed by atoms with E-state index in [9.17, 15) is 4.39 Å². The van der Waals surface area contributed by atoms with Crippen molar-refractivity contribution in [2.75, 3.05) is 26.9 Å². The van der Waals surface area contributed by atoms with Gasteiger partial charge in [-0.3, -0.25) is 0 Å². The zero-order valence-corrected chi connectivity index (χ0v) is 9.70. The summed E-state index contributed by atoms with van der Waals surface area (Å²) >= 11 is 0. The molecule has 17 heavy (non-hydrogen) atoms. The van der Waals surface area contributed by atoms with Crippen molar-refractivity contribution < 1.29 is 19.0 Å². The first-order chi connectivity index (χ1) is 8.27. The predicted octanol–water partition coefficient (Wildman–Crippen LogP) is 1.58. The molecule has 1 aromatic rings. The van der Waals surface area contributed by atoms with Crippen LogP contribution in [0, 0.1) is 17.7 Å². The van der Waals surface area contributed by atoms with Gasteiger partial charge in [0.2, 0.25) is 0 Å². The van der Waals surface area contributed by atoms with Crippen molar-refractivity contribution in [3.05, 3.63) is 29.6 Å². The molecule has 3 nitrogen and oxygen atoms in total. The molecule has 0 amide bonds. The molecule has 0 radical (unpaired) electrons. The molecule has 0 aromatic heterocycles. The third-order valence-electron chi connectivity index (χ3n) is 1.96. The Morgan fingerprint density at radius 1 is 1.35 bits per heavy atom. The van der Waals surface area contributed by atoms with Gasteiger partial charge in [0.1, 0.15) is 18.2 Å². The Labute approximate surface area is 100 Å². The molecule has 4 heteroatoms. The smallest absolute Gasteiger partial charge is 0.142 e. The zero-order chi connectivity index (χ0) is 12.5. The van der Waals surface area contributed by atoms with E-state index in [-0.39, 0.29) is 6.61 Å². The molecule has 0 bridgehead atoms. The summed E-state index contributed by atoms with van der Waals surface area (Å²) in [5, 5.41) is 8.55. The minimum absolute atomic E-state index is 0.0210. The molecular weight excluding hydrogens is 223 g/mol. The van der Waals surface area contributed by atoms with Crippen LogP contribution in [0.5, 0.6) is 5.75 Å². The number of hydrogen-bond donors (Lipinski definition) is 1. The van der Waals surface area contributed by atoms with Crippen LogP contribution in [-0.2, 0) is 4.74 Å². The largest absolute Gasteiger partial charge is 0.491 e. The fourth-order valence-corrected chi connectivity index (χ4v) is 1.14. The number of hydrogen-bond acceptors (Lipinski definition) is 3. The zero-order valence-electron chi connectivity index (χ0n) is 9.70. The molecule has 0 unspecified atom stereocenters. The van der Waals surface area contributed by atoms with E-state index in [0.717, 1.165) is 0 Å². The first-order valence-corrected chi connectivity index (χ1v) is 5.29. The molecule has 0 saturated heterocycles. The average molecular weight is 238 g/mol. The molecule has 92 valence electrons. The number of halogens is 1. The average Bonchev–Trinajstić information content (AvgIpc) is 2.32. The normalized spacial score (nSPS) is 9.59. The minimum Gasteiger partial charge on any atom is -0.491 e. The van der Waals surface area contributed by atoms with Crippen LogP contribution in [0.25, 0.3) is 0 Å². The van der Waals surface area contributed by atoms with Crippen LogP contribution in [0.2, 0.25) is 0 Å². The topological polar surface area (TPSA) is 38.7 Å². The Morgan fingerprint density at radius 3 is 2.82 bits per heavy atom. The van der Waals surface area contributed by atoms with Gasteiger partial charge < -0.3 is 14.6 Å². The molecule has 1 N–H and O–H groups in total. The lowest BCUT2D eigenvalue weighted by molar-refractivity contribution is 0.146. The number of rotatable bonds is 5. The van der Waals surface area contributed by atoms with E-state index in [2.05, 4.69) is 11.8 Å². The summed E-state index contributed by atoms with van der Waals surface area (Å²) in [6, 6.07) is 4.50. The molecule has 0 atom stereocenters.